The SMILES string of the molecule is O=C(CO)c1ccc(CN(C(=O)N2CCOCC2)c2ccc(F)cc2F)cc1. The number of urea groups is 1. The molecular formula is C20H20F2N2O4. The molecule has 0 aliphatic carbocycles. The maximum atomic E-state index is 14.4. The van der Waals surface area contributed by atoms with Crippen molar-refractivity contribution >= 4 is 17.5 Å². The summed E-state index contributed by atoms with van der Waals surface area (Å²) in [6.07, 6.45) is 0. The molecule has 1 fully saturated rings. The molecule has 0 atom stereocenters. The maximum Gasteiger partial charge on any atom is 0.325 e. The van der Waals surface area contributed by atoms with Crippen LogP contribution in [0.1, 0.15) is 15.9 Å². The summed E-state index contributed by atoms with van der Waals surface area (Å²) in [4.78, 5) is 27.3. The number of aliphatic hydroxyl groups excluding tert-OH is 1. The molecule has 8 heteroatoms. The molecule has 1 N–H and O–H groups in total. The molecule has 1 aliphatic heterocycles. The number of amides is 2. The molecule has 1 saturated heterocycles. The highest BCUT2D eigenvalue weighted by Gasteiger charge is 2.26. The van der Waals surface area contributed by atoms with Crippen molar-refractivity contribution in [1.82, 2.24) is 4.90 Å². The Morgan fingerprint density at radius 3 is 2.36 bits per heavy atom. The lowest BCUT2D eigenvalue weighted by molar-refractivity contribution is 0.0547. The molecule has 0 aromatic heterocycles. The van der Waals surface area contributed by atoms with Gasteiger partial charge < -0.3 is 14.7 Å². The van der Waals surface area contributed by atoms with Gasteiger partial charge in [-0.1, -0.05) is 24.3 Å². The van der Waals surface area contributed by atoms with E-state index in [1.54, 1.807) is 17.0 Å². The van der Waals surface area contributed by atoms with Crippen LogP contribution in [0.4, 0.5) is 19.3 Å². The fraction of sp³-hybridized carbons (Fsp3) is 0.300. The number of ether oxygens (including phenoxy) is 1. The molecule has 2 amide bonds. The topological polar surface area (TPSA) is 70.1 Å². The number of carbonyl (C=O) groups is 2. The zero-order valence-electron chi connectivity index (χ0n) is 15.1. The first-order chi connectivity index (χ1) is 13.5. The number of aliphatic hydroxyl groups is 1. The quantitative estimate of drug-likeness (QED) is 0.797. The molecule has 0 radical (unpaired) electrons. The number of hydrogen-bond acceptors (Lipinski definition) is 4. The third kappa shape index (κ3) is 4.52. The van der Waals surface area contributed by atoms with E-state index in [1.165, 1.54) is 23.1 Å². The van der Waals surface area contributed by atoms with Gasteiger partial charge in [0.1, 0.15) is 18.2 Å². The Kier molecular flexibility index (Phi) is 6.33. The summed E-state index contributed by atoms with van der Waals surface area (Å²) < 4.78 is 33.0. The zero-order valence-corrected chi connectivity index (χ0v) is 15.1. The molecule has 1 aliphatic rings. The summed E-state index contributed by atoms with van der Waals surface area (Å²) in [6.45, 7) is 0.977. The highest BCUT2D eigenvalue weighted by molar-refractivity contribution is 5.97. The van der Waals surface area contributed by atoms with Crippen LogP contribution in [0.2, 0.25) is 0 Å². The van der Waals surface area contributed by atoms with Crippen LogP contribution in [0.15, 0.2) is 42.5 Å². The molecular weight excluding hydrogens is 370 g/mol. The number of benzene rings is 2. The monoisotopic (exact) mass is 390 g/mol. The molecule has 2 aromatic rings. The summed E-state index contributed by atoms with van der Waals surface area (Å²) >= 11 is 0. The first-order valence-corrected chi connectivity index (χ1v) is 8.82. The van der Waals surface area contributed by atoms with Gasteiger partial charge >= 0.3 is 6.03 Å². The molecule has 6 nitrogen and oxygen atoms in total. The highest BCUT2D eigenvalue weighted by atomic mass is 19.1. The third-order valence-corrected chi connectivity index (χ3v) is 4.47. The van der Waals surface area contributed by atoms with Crippen LogP contribution in [0.3, 0.4) is 0 Å². The predicted molar refractivity (Wildman–Crippen MR) is 98.2 cm³/mol. The van der Waals surface area contributed by atoms with Crippen molar-refractivity contribution < 1.29 is 28.2 Å². The molecule has 28 heavy (non-hydrogen) atoms. The zero-order chi connectivity index (χ0) is 20.1. The van der Waals surface area contributed by atoms with Crippen molar-refractivity contribution in [3.8, 4) is 0 Å². The van der Waals surface area contributed by atoms with E-state index in [0.717, 1.165) is 12.1 Å². The Bertz CT molecular complexity index is 852. The summed E-state index contributed by atoms with van der Waals surface area (Å²) in [5, 5.41) is 8.93. The number of hydrogen-bond donors (Lipinski definition) is 1. The van der Waals surface area contributed by atoms with E-state index in [-0.39, 0.29) is 12.2 Å². The second-order valence-electron chi connectivity index (χ2n) is 6.34. The smallest absolute Gasteiger partial charge is 0.325 e. The van der Waals surface area contributed by atoms with Crippen LogP contribution in [0, 0.1) is 11.6 Å². The lowest BCUT2D eigenvalue weighted by Crippen LogP contribution is -2.48. The van der Waals surface area contributed by atoms with Gasteiger partial charge in [-0.3, -0.25) is 9.69 Å². The minimum absolute atomic E-state index is 0.0339. The van der Waals surface area contributed by atoms with E-state index in [1.807, 2.05) is 0 Å². The van der Waals surface area contributed by atoms with Crippen LogP contribution < -0.4 is 4.90 Å². The van der Waals surface area contributed by atoms with Crippen LogP contribution in [0.5, 0.6) is 0 Å². The Morgan fingerprint density at radius 2 is 1.75 bits per heavy atom. The minimum atomic E-state index is -0.839. The van der Waals surface area contributed by atoms with E-state index in [9.17, 15) is 18.4 Å². The Balaban J connectivity index is 1.89. The summed E-state index contributed by atoms with van der Waals surface area (Å²) in [7, 11) is 0. The van der Waals surface area contributed by atoms with Crippen LogP contribution in [0.25, 0.3) is 0 Å². The molecule has 1 heterocycles. The lowest BCUT2D eigenvalue weighted by Gasteiger charge is -2.33. The maximum absolute atomic E-state index is 14.4. The summed E-state index contributed by atoms with van der Waals surface area (Å²) in [5.41, 5.74) is 0.957. The van der Waals surface area contributed by atoms with Crippen LogP contribution >= 0.6 is 0 Å². The van der Waals surface area contributed by atoms with Gasteiger partial charge in [-0.15, -0.1) is 0 Å². The first kappa shape index (κ1) is 19.9. The number of halogens is 2. The van der Waals surface area contributed by atoms with Crippen molar-refractivity contribution in [1.29, 1.82) is 0 Å². The Morgan fingerprint density at radius 1 is 1.07 bits per heavy atom. The van der Waals surface area contributed by atoms with E-state index in [4.69, 9.17) is 9.84 Å². The van der Waals surface area contributed by atoms with Gasteiger partial charge in [-0.2, -0.15) is 0 Å². The molecule has 0 saturated carbocycles. The van der Waals surface area contributed by atoms with E-state index in [0.29, 0.717) is 37.4 Å². The van der Waals surface area contributed by atoms with E-state index >= 15 is 0 Å². The van der Waals surface area contributed by atoms with E-state index in [2.05, 4.69) is 0 Å². The molecule has 148 valence electrons. The number of nitrogens with zero attached hydrogens (tertiary/aromatic N) is 2. The predicted octanol–water partition coefficient (Wildman–Crippen LogP) is 2.60. The molecule has 3 rings (SSSR count). The average Bonchev–Trinajstić information content (AvgIpc) is 2.72. The number of rotatable bonds is 5. The number of Topliss-reactive ketones (excluding diaryl/α,β-unsaturated/α-hetero) is 1. The standard InChI is InChI=1S/C20H20F2N2O4/c21-16-5-6-18(17(22)11-16)24(20(27)23-7-9-28-10-8-23)12-14-1-3-15(4-2-14)19(26)13-25/h1-6,11,25H,7-10,12-13H2. The fourth-order valence-corrected chi connectivity index (χ4v) is 2.95. The number of ketones is 1. The minimum Gasteiger partial charge on any atom is -0.388 e. The normalized spacial score (nSPS) is 14.0. The van der Waals surface area contributed by atoms with Gasteiger partial charge in [0.15, 0.2) is 5.78 Å². The second-order valence-corrected chi connectivity index (χ2v) is 6.34. The van der Waals surface area contributed by atoms with Crippen LogP contribution in [-0.2, 0) is 11.3 Å². The van der Waals surface area contributed by atoms with Gasteiger partial charge in [0, 0.05) is 24.7 Å². The van der Waals surface area contributed by atoms with Crippen molar-refractivity contribution in [2.45, 2.75) is 6.54 Å². The second kappa shape index (κ2) is 8.90. The Labute approximate surface area is 160 Å². The Hall–Kier alpha value is -2.84. The van der Waals surface area contributed by atoms with Crippen molar-refractivity contribution in [2.24, 2.45) is 0 Å². The third-order valence-electron chi connectivity index (χ3n) is 4.47. The van der Waals surface area contributed by atoms with Gasteiger partial charge in [-0.25, -0.2) is 13.6 Å². The highest BCUT2D eigenvalue weighted by Crippen LogP contribution is 2.24. The van der Waals surface area contributed by atoms with Gasteiger partial charge in [-0.05, 0) is 17.7 Å². The summed E-state index contributed by atoms with van der Waals surface area (Å²) in [5.74, 6) is -1.99. The lowest BCUT2D eigenvalue weighted by atomic mass is 10.1. The molecule has 0 spiro atoms. The van der Waals surface area contributed by atoms with Gasteiger partial charge in [0.2, 0.25) is 0 Å². The van der Waals surface area contributed by atoms with E-state index < -0.39 is 30.1 Å². The van der Waals surface area contributed by atoms with Gasteiger partial charge in [0.05, 0.1) is 25.4 Å². The number of morpholine rings is 1. The fourth-order valence-electron chi connectivity index (χ4n) is 2.95. The first-order valence-electron chi connectivity index (χ1n) is 8.82. The average molecular weight is 390 g/mol. The van der Waals surface area contributed by atoms with Crippen molar-refractivity contribution in [3.05, 3.63) is 65.2 Å². The van der Waals surface area contributed by atoms with Crippen LogP contribution in [-0.4, -0.2) is 54.7 Å². The molecule has 2 aromatic carbocycles. The largest absolute Gasteiger partial charge is 0.388 e. The number of carbonyl (C=O) groups excluding carboxylic acids is 2. The van der Waals surface area contributed by atoms with Crippen molar-refractivity contribution in [3.63, 3.8) is 0 Å². The number of anilines is 1. The molecule has 0 bridgehead atoms. The van der Waals surface area contributed by atoms with Gasteiger partial charge in [0.25, 0.3) is 0 Å². The summed E-state index contributed by atoms with van der Waals surface area (Å²) in [6, 6.07) is 8.97. The molecule has 0 unspecified atom stereocenters. The van der Waals surface area contributed by atoms with Crippen molar-refractivity contribution in [2.75, 3.05) is 37.8 Å².